The van der Waals surface area contributed by atoms with Crippen LogP contribution in [0.15, 0.2) is 467 Å². The summed E-state index contributed by atoms with van der Waals surface area (Å²) in [4.78, 5) is 0. The van der Waals surface area contributed by atoms with Crippen LogP contribution in [0.3, 0.4) is 0 Å². The maximum atomic E-state index is 10.5. The van der Waals surface area contributed by atoms with Gasteiger partial charge in [-0.25, -0.2) is 0 Å². The first-order chi connectivity index (χ1) is 70.9. The van der Waals surface area contributed by atoms with E-state index in [2.05, 4.69) is 466 Å². The Balaban J connectivity index is 0.000000105. The summed E-state index contributed by atoms with van der Waals surface area (Å²) < 4.78 is 21.3. The number of rotatable bonds is 9. The number of fused-ring (bicyclic) bond motifs is 33. The van der Waals surface area contributed by atoms with Crippen molar-refractivity contribution in [3.8, 4) is 75.5 Å². The molecule has 0 saturated heterocycles. The highest BCUT2D eigenvalue weighted by Gasteiger charge is 2.31. The smallest absolute Gasteiger partial charge is 0.101 e. The molecule has 0 fully saturated rings. The van der Waals surface area contributed by atoms with Crippen LogP contribution in [0.2, 0.25) is 0 Å². The van der Waals surface area contributed by atoms with Crippen LogP contribution in [0.5, 0.6) is 0 Å². The molecule has 13 nitrogen and oxygen atoms in total. The predicted octanol–water partition coefficient (Wildman–Crippen LogP) is 32.4. The molecule has 0 spiro atoms. The molecule has 30 rings (SSSR count). The minimum absolute atomic E-state index is 0.619. The van der Waals surface area contributed by atoms with Crippen LogP contribution in [0.1, 0.15) is 22.3 Å². The van der Waals surface area contributed by atoms with Crippen molar-refractivity contribution in [1.82, 2.24) is 41.1 Å². The Morgan fingerprint density at radius 3 is 0.615 bits per heavy atom. The Hall–Kier alpha value is -20.2. The molecular formula is C130H77N13. The summed E-state index contributed by atoms with van der Waals surface area (Å²) in [5.41, 5.74) is 32.3. The molecule has 143 heavy (non-hydrogen) atoms. The summed E-state index contributed by atoms with van der Waals surface area (Å²) in [6, 6.07) is 173. The van der Waals surface area contributed by atoms with Crippen LogP contribution < -0.4 is 0 Å². The lowest BCUT2D eigenvalue weighted by molar-refractivity contribution is 1.17. The second-order valence-electron chi connectivity index (χ2n) is 36.5. The summed E-state index contributed by atoms with van der Waals surface area (Å²) >= 11 is 0. The van der Waals surface area contributed by atoms with Gasteiger partial charge in [0.1, 0.15) is 6.07 Å². The van der Waals surface area contributed by atoms with Gasteiger partial charge in [0, 0.05) is 142 Å². The van der Waals surface area contributed by atoms with Gasteiger partial charge in [-0.05, 0) is 206 Å². The van der Waals surface area contributed by atoms with Gasteiger partial charge in [0.05, 0.1) is 145 Å². The number of benzene rings is 21. The maximum absolute atomic E-state index is 10.5. The van der Waals surface area contributed by atoms with Gasteiger partial charge in [-0.3, -0.25) is 0 Å². The molecule has 9 heterocycles. The summed E-state index contributed by atoms with van der Waals surface area (Å²) in [5, 5.41) is 60.9. The highest BCUT2D eigenvalue weighted by molar-refractivity contribution is 6.36. The quantitative estimate of drug-likeness (QED) is 0.142. The second-order valence-corrected chi connectivity index (χ2v) is 36.5. The van der Waals surface area contributed by atoms with E-state index in [0.29, 0.717) is 22.3 Å². The molecule has 0 unspecified atom stereocenters. The summed E-state index contributed by atoms with van der Waals surface area (Å²) in [7, 11) is 0. The van der Waals surface area contributed by atoms with Crippen LogP contribution in [-0.4, -0.2) is 41.1 Å². The van der Waals surface area contributed by atoms with Crippen molar-refractivity contribution in [2.75, 3.05) is 0 Å². The molecule has 0 aliphatic rings. The molecular weight excluding hydrogens is 1740 g/mol. The normalized spacial score (nSPS) is 11.7. The number of nitriles is 4. The van der Waals surface area contributed by atoms with Crippen molar-refractivity contribution in [3.05, 3.63) is 489 Å². The molecule has 0 radical (unpaired) electrons. The largest absolute Gasteiger partial charge is 0.309 e. The fourth-order valence-corrected chi connectivity index (χ4v) is 23.5. The first-order valence-corrected chi connectivity index (χ1v) is 48.0. The highest BCUT2D eigenvalue weighted by atomic mass is 15.1. The molecule has 21 aromatic carbocycles. The molecule has 0 N–H and O–H groups in total. The maximum Gasteiger partial charge on any atom is 0.101 e. The predicted molar refractivity (Wildman–Crippen MR) is 587 cm³/mol. The summed E-state index contributed by atoms with van der Waals surface area (Å²) in [6.07, 6.45) is 0. The van der Waals surface area contributed by atoms with Crippen molar-refractivity contribution >= 4 is 196 Å². The molecule has 0 amide bonds. The number of hydrogen-bond donors (Lipinski definition) is 0. The van der Waals surface area contributed by atoms with Crippen LogP contribution in [0.4, 0.5) is 0 Å². The number of hydrogen-bond acceptors (Lipinski definition) is 4. The topological polar surface area (TPSA) is 140 Å². The Kier molecular flexibility index (Phi) is 18.3. The van der Waals surface area contributed by atoms with Gasteiger partial charge in [-0.1, -0.05) is 261 Å². The van der Waals surface area contributed by atoms with Crippen molar-refractivity contribution < 1.29 is 0 Å². The van der Waals surface area contributed by atoms with E-state index < -0.39 is 0 Å². The summed E-state index contributed by atoms with van der Waals surface area (Å²) in [5.74, 6) is 0. The van der Waals surface area contributed by atoms with Gasteiger partial charge >= 0.3 is 0 Å². The van der Waals surface area contributed by atoms with Crippen LogP contribution in [-0.2, 0) is 0 Å². The van der Waals surface area contributed by atoms with E-state index in [-0.39, 0.29) is 0 Å². The van der Waals surface area contributed by atoms with E-state index in [9.17, 15) is 21.0 Å². The zero-order valence-electron chi connectivity index (χ0n) is 76.8. The van der Waals surface area contributed by atoms with Gasteiger partial charge in [0.2, 0.25) is 0 Å². The van der Waals surface area contributed by atoms with Crippen molar-refractivity contribution in [1.29, 1.82) is 21.0 Å². The van der Waals surface area contributed by atoms with Gasteiger partial charge in [-0.15, -0.1) is 0 Å². The van der Waals surface area contributed by atoms with Crippen LogP contribution in [0.25, 0.3) is 247 Å². The molecule has 0 bridgehead atoms. The molecule has 13 heteroatoms. The lowest BCUT2D eigenvalue weighted by Gasteiger charge is -2.12. The monoisotopic (exact) mass is 1820 g/mol. The average Bonchev–Trinajstić information content (AvgIpc) is 1.53. The first-order valence-electron chi connectivity index (χ1n) is 48.0. The zero-order chi connectivity index (χ0) is 94.8. The van der Waals surface area contributed by atoms with Gasteiger partial charge < -0.3 is 41.1 Å². The van der Waals surface area contributed by atoms with E-state index in [4.69, 9.17) is 0 Å². The van der Waals surface area contributed by atoms with Gasteiger partial charge in [0.25, 0.3) is 0 Å². The number of nitrogens with zero attached hydrogens (tertiary/aromatic N) is 13. The molecule has 0 aliphatic heterocycles. The first kappa shape index (κ1) is 81.2. The lowest BCUT2D eigenvalue weighted by atomic mass is 10.1. The highest BCUT2D eigenvalue weighted by Crippen LogP contribution is 2.52. The third-order valence-electron chi connectivity index (χ3n) is 29.1. The van der Waals surface area contributed by atoms with E-state index in [1.54, 1.807) is 0 Å². The number of aromatic nitrogens is 9. The van der Waals surface area contributed by atoms with Crippen LogP contribution >= 0.6 is 0 Å². The molecule has 662 valence electrons. The Labute approximate surface area is 817 Å². The lowest BCUT2D eigenvalue weighted by Crippen LogP contribution is -1.98. The second kappa shape index (κ2) is 32.2. The molecule has 0 atom stereocenters. The Bertz CT molecular complexity index is 10600. The molecule has 9 aromatic heterocycles. The van der Waals surface area contributed by atoms with Crippen molar-refractivity contribution in [2.24, 2.45) is 0 Å². The van der Waals surface area contributed by atoms with Crippen LogP contribution in [0, 0.1) is 45.3 Å². The van der Waals surface area contributed by atoms with Gasteiger partial charge in [-0.2, -0.15) is 21.0 Å². The van der Waals surface area contributed by atoms with Gasteiger partial charge in [0.15, 0.2) is 0 Å². The minimum Gasteiger partial charge on any atom is -0.309 e. The molecule has 0 saturated carbocycles. The van der Waals surface area contributed by atoms with E-state index in [0.717, 1.165) is 161 Å². The molecule has 0 aliphatic carbocycles. The third kappa shape index (κ3) is 12.1. The fraction of sp³-hybridized carbons (Fsp3) is 0. The van der Waals surface area contributed by atoms with Crippen molar-refractivity contribution in [2.45, 2.75) is 0 Å². The van der Waals surface area contributed by atoms with E-state index in [1.165, 1.54) is 86.7 Å². The Morgan fingerprint density at radius 2 is 0.350 bits per heavy atom. The number of para-hydroxylation sites is 12. The third-order valence-corrected chi connectivity index (χ3v) is 29.1. The van der Waals surface area contributed by atoms with Crippen molar-refractivity contribution in [3.63, 3.8) is 0 Å². The average molecular weight is 1820 g/mol. The molecule has 30 aromatic rings. The Morgan fingerprint density at radius 1 is 0.133 bits per heavy atom. The zero-order valence-corrected chi connectivity index (χ0v) is 76.8. The SMILES string of the molecule is N#Cc1ccc(-n2c3c(ccc4c3c3ccccc3n4-c3ccccc3)c3ccc4c(c5ccccc5n4-c4cccc(C#N)c4)c32)cc1.N#Cc1cccc(-n2c3ccccc3c3c2ccc2c4ccc5c(c6ccccc6n5-c5ccccc5)c4n(-c4ccccc4)c23)c1.N#Cc1ccccc1-n1c2c(ccc3c2c2ccccc2n3-c2ccccc2)c2ccc3c(c4ccccc4n3-c3ccccc3)c21. The standard InChI is InChI=1S/C44H25N5.2C43H26N4/c45-26-28-17-19-31(20-18-28)49-43-33(21-23-39-41(43)35-13-4-6-15-37(35)47(39)30-10-2-1-3-11-30)34-22-24-40-42(44(34)49)36-14-5-7-16-38(36)48(40)32-12-8-9-29(25-32)27-46;44-27-28-13-7-10-20-35(28)47-42-31(23-25-38-40(42)33-18-8-11-21-36(33)45(38)29-14-3-1-4-15-29)32-24-26-39-41(43(32)47)34-19-9-12-22-37(34)46(39)30-16-5-2-6-17-30;44-27-28-12-11-17-31(26-28)46-37-21-10-8-19-35(37)41-39(46)25-23-33-32-22-24-38-40(42(32)47(43(33)41)30-15-5-2-6-16-30)34-18-7-9-20-36(34)45(38)29-13-3-1-4-14-29/h1-25H;2*1-26H. The van der Waals surface area contributed by atoms with E-state index in [1.807, 2.05) is 66.7 Å². The fourth-order valence-electron chi connectivity index (χ4n) is 23.5. The summed E-state index contributed by atoms with van der Waals surface area (Å²) in [6.45, 7) is 0. The van der Waals surface area contributed by atoms with E-state index >= 15 is 0 Å². The minimum atomic E-state index is 0.619.